The van der Waals surface area contributed by atoms with Gasteiger partial charge in [0.15, 0.2) is 5.13 Å². The standard InChI is InChI=1S/C13H19F2N3O2S/c1-3-10-8(2)21-11(16-10)17-12(20)18-5-4-13(14,15)9(6-18)7-19/h9,19H,3-7H2,1-2H3,(H,16,17,20)/t9-/m1/s1. The summed E-state index contributed by atoms with van der Waals surface area (Å²) in [6.07, 6.45) is 0.351. The van der Waals surface area contributed by atoms with Crippen LogP contribution >= 0.6 is 11.3 Å². The zero-order valence-electron chi connectivity index (χ0n) is 12.0. The molecule has 1 aromatic rings. The lowest BCUT2D eigenvalue weighted by Gasteiger charge is -2.37. The summed E-state index contributed by atoms with van der Waals surface area (Å²) in [4.78, 5) is 18.7. The molecule has 0 aliphatic carbocycles. The van der Waals surface area contributed by atoms with E-state index < -0.39 is 30.9 Å². The minimum Gasteiger partial charge on any atom is -0.396 e. The van der Waals surface area contributed by atoms with E-state index in [1.54, 1.807) is 0 Å². The first-order valence-electron chi connectivity index (χ1n) is 6.88. The molecule has 2 rings (SSSR count). The highest BCUT2D eigenvalue weighted by atomic mass is 32.1. The molecule has 0 aromatic carbocycles. The number of anilines is 1. The smallest absolute Gasteiger partial charge is 0.323 e. The molecule has 118 valence electrons. The van der Waals surface area contributed by atoms with Crippen molar-refractivity contribution in [1.82, 2.24) is 9.88 Å². The molecule has 0 bridgehead atoms. The number of rotatable bonds is 3. The predicted octanol–water partition coefficient (Wildman–Crippen LogP) is 2.50. The van der Waals surface area contributed by atoms with Crippen molar-refractivity contribution in [3.05, 3.63) is 10.6 Å². The summed E-state index contributed by atoms with van der Waals surface area (Å²) >= 11 is 1.37. The Morgan fingerprint density at radius 2 is 2.33 bits per heavy atom. The number of carbonyl (C=O) groups excluding carboxylic acids is 1. The van der Waals surface area contributed by atoms with Crippen LogP contribution in [0.1, 0.15) is 23.9 Å². The van der Waals surface area contributed by atoms with Gasteiger partial charge in [-0.1, -0.05) is 6.92 Å². The number of urea groups is 1. The van der Waals surface area contributed by atoms with Crippen molar-refractivity contribution in [2.45, 2.75) is 32.6 Å². The number of aliphatic hydroxyl groups is 1. The number of aromatic nitrogens is 1. The number of aryl methyl sites for hydroxylation is 2. The largest absolute Gasteiger partial charge is 0.396 e. The Labute approximate surface area is 126 Å². The van der Waals surface area contributed by atoms with Crippen LogP contribution in [-0.4, -0.2) is 46.6 Å². The molecule has 0 spiro atoms. The minimum absolute atomic E-state index is 0.0275. The molecule has 1 atom stereocenters. The third-order valence-electron chi connectivity index (χ3n) is 3.70. The molecular formula is C13H19F2N3O2S. The highest BCUT2D eigenvalue weighted by Gasteiger charge is 2.44. The van der Waals surface area contributed by atoms with Crippen molar-refractivity contribution < 1.29 is 18.7 Å². The first-order chi connectivity index (χ1) is 9.87. The molecule has 5 nitrogen and oxygen atoms in total. The number of hydrogen-bond donors (Lipinski definition) is 2. The molecule has 0 radical (unpaired) electrons. The van der Waals surface area contributed by atoms with E-state index in [-0.39, 0.29) is 13.1 Å². The molecule has 1 saturated heterocycles. The molecule has 2 N–H and O–H groups in total. The maximum absolute atomic E-state index is 13.5. The predicted molar refractivity (Wildman–Crippen MR) is 77.0 cm³/mol. The van der Waals surface area contributed by atoms with Crippen LogP contribution in [0.5, 0.6) is 0 Å². The molecule has 2 amide bonds. The van der Waals surface area contributed by atoms with Crippen LogP contribution in [0.3, 0.4) is 0 Å². The van der Waals surface area contributed by atoms with Gasteiger partial charge in [0.25, 0.3) is 5.92 Å². The summed E-state index contributed by atoms with van der Waals surface area (Å²) in [5.74, 6) is -4.13. The highest BCUT2D eigenvalue weighted by Crippen LogP contribution is 2.33. The van der Waals surface area contributed by atoms with Crippen LogP contribution in [-0.2, 0) is 6.42 Å². The number of amides is 2. The van der Waals surface area contributed by atoms with Crippen molar-refractivity contribution in [2.75, 3.05) is 25.0 Å². The topological polar surface area (TPSA) is 65.5 Å². The van der Waals surface area contributed by atoms with E-state index in [1.807, 2.05) is 13.8 Å². The average Bonchev–Trinajstić information content (AvgIpc) is 2.78. The number of likely N-dealkylation sites (tertiary alicyclic amines) is 1. The number of carbonyl (C=O) groups is 1. The number of hydrogen-bond acceptors (Lipinski definition) is 4. The number of halogens is 2. The number of nitrogens with zero attached hydrogens (tertiary/aromatic N) is 2. The zero-order valence-corrected chi connectivity index (χ0v) is 12.8. The van der Waals surface area contributed by atoms with E-state index in [2.05, 4.69) is 10.3 Å². The van der Waals surface area contributed by atoms with Crippen molar-refractivity contribution in [3.63, 3.8) is 0 Å². The summed E-state index contributed by atoms with van der Waals surface area (Å²) in [7, 11) is 0. The number of aliphatic hydroxyl groups excluding tert-OH is 1. The van der Waals surface area contributed by atoms with Gasteiger partial charge in [-0.15, -0.1) is 11.3 Å². The Balaban J connectivity index is 2.00. The third-order valence-corrected chi connectivity index (χ3v) is 4.63. The number of alkyl halides is 2. The van der Waals surface area contributed by atoms with Gasteiger partial charge in [-0.05, 0) is 13.3 Å². The van der Waals surface area contributed by atoms with Crippen molar-refractivity contribution in [2.24, 2.45) is 5.92 Å². The van der Waals surface area contributed by atoms with E-state index in [1.165, 1.54) is 16.2 Å². The van der Waals surface area contributed by atoms with E-state index in [0.717, 1.165) is 17.0 Å². The lowest BCUT2D eigenvalue weighted by Crippen LogP contribution is -2.51. The number of piperidine rings is 1. The molecule has 1 aliphatic rings. The Hall–Kier alpha value is -1.28. The van der Waals surface area contributed by atoms with E-state index >= 15 is 0 Å². The van der Waals surface area contributed by atoms with Gasteiger partial charge < -0.3 is 10.0 Å². The maximum atomic E-state index is 13.5. The Bertz CT molecular complexity index is 522. The molecule has 1 aromatic heterocycles. The van der Waals surface area contributed by atoms with E-state index in [0.29, 0.717) is 5.13 Å². The second-order valence-electron chi connectivity index (χ2n) is 5.14. The fraction of sp³-hybridized carbons (Fsp3) is 0.692. The van der Waals surface area contributed by atoms with Crippen LogP contribution in [0.2, 0.25) is 0 Å². The Morgan fingerprint density at radius 1 is 1.62 bits per heavy atom. The molecule has 8 heteroatoms. The fourth-order valence-electron chi connectivity index (χ4n) is 2.33. The number of thiazole rings is 1. The first kappa shape index (κ1) is 16.1. The van der Waals surface area contributed by atoms with Crippen LogP contribution in [0.15, 0.2) is 0 Å². The van der Waals surface area contributed by atoms with Gasteiger partial charge in [0.1, 0.15) is 0 Å². The summed E-state index contributed by atoms with van der Waals surface area (Å²) in [5, 5.41) is 12.2. The van der Waals surface area contributed by atoms with Crippen LogP contribution in [0, 0.1) is 12.8 Å². The van der Waals surface area contributed by atoms with Gasteiger partial charge in [-0.2, -0.15) is 0 Å². The first-order valence-corrected chi connectivity index (χ1v) is 7.70. The summed E-state index contributed by atoms with van der Waals surface area (Å²) in [6.45, 7) is 3.09. The van der Waals surface area contributed by atoms with Gasteiger partial charge in [0, 0.05) is 24.4 Å². The third kappa shape index (κ3) is 3.49. The molecular weight excluding hydrogens is 300 g/mol. The Kier molecular flexibility index (Phi) is 4.77. The lowest BCUT2D eigenvalue weighted by atomic mass is 9.94. The van der Waals surface area contributed by atoms with Crippen LogP contribution in [0.25, 0.3) is 0 Å². The van der Waals surface area contributed by atoms with Crippen LogP contribution in [0.4, 0.5) is 18.7 Å². The van der Waals surface area contributed by atoms with Gasteiger partial charge in [0.05, 0.1) is 18.2 Å². The quantitative estimate of drug-likeness (QED) is 0.899. The minimum atomic E-state index is -2.92. The van der Waals surface area contributed by atoms with Crippen molar-refractivity contribution in [1.29, 1.82) is 0 Å². The van der Waals surface area contributed by atoms with E-state index in [4.69, 9.17) is 5.11 Å². The van der Waals surface area contributed by atoms with Gasteiger partial charge >= 0.3 is 6.03 Å². The van der Waals surface area contributed by atoms with E-state index in [9.17, 15) is 13.6 Å². The van der Waals surface area contributed by atoms with Gasteiger partial charge in [0.2, 0.25) is 0 Å². The molecule has 1 fully saturated rings. The van der Waals surface area contributed by atoms with Crippen molar-refractivity contribution >= 4 is 22.5 Å². The second kappa shape index (κ2) is 6.23. The lowest BCUT2D eigenvalue weighted by molar-refractivity contribution is -0.111. The molecule has 21 heavy (non-hydrogen) atoms. The molecule has 1 aliphatic heterocycles. The Morgan fingerprint density at radius 3 is 2.90 bits per heavy atom. The number of nitrogens with one attached hydrogen (secondary N) is 1. The summed E-state index contributed by atoms with van der Waals surface area (Å²) < 4.78 is 27.0. The van der Waals surface area contributed by atoms with Crippen molar-refractivity contribution in [3.8, 4) is 0 Å². The fourth-order valence-corrected chi connectivity index (χ4v) is 3.23. The summed E-state index contributed by atoms with van der Waals surface area (Å²) in [6, 6.07) is -0.444. The molecule has 2 heterocycles. The monoisotopic (exact) mass is 319 g/mol. The molecule has 0 saturated carbocycles. The van der Waals surface area contributed by atoms with Gasteiger partial charge in [-0.25, -0.2) is 18.6 Å². The van der Waals surface area contributed by atoms with Crippen LogP contribution < -0.4 is 5.32 Å². The summed E-state index contributed by atoms with van der Waals surface area (Å²) in [5.41, 5.74) is 0.925. The highest BCUT2D eigenvalue weighted by molar-refractivity contribution is 7.15. The molecule has 0 unspecified atom stereocenters. The SMILES string of the molecule is CCc1nc(NC(=O)N2CCC(F)(F)[C@@H](CO)C2)sc1C. The second-order valence-corrected chi connectivity index (χ2v) is 6.35. The normalized spacial score (nSPS) is 21.4. The average molecular weight is 319 g/mol. The zero-order chi connectivity index (χ0) is 15.6. The van der Waals surface area contributed by atoms with Gasteiger partial charge in [-0.3, -0.25) is 5.32 Å². The maximum Gasteiger partial charge on any atom is 0.323 e.